The molecule has 1 aliphatic rings. The summed E-state index contributed by atoms with van der Waals surface area (Å²) in [5.74, 6) is -0.456. The summed E-state index contributed by atoms with van der Waals surface area (Å²) in [6.07, 6.45) is 5.28. The maximum Gasteiger partial charge on any atom is 0.251 e. The summed E-state index contributed by atoms with van der Waals surface area (Å²) in [7, 11) is -3.48. The van der Waals surface area contributed by atoms with Gasteiger partial charge in [0.15, 0.2) is 9.84 Å². The minimum Gasteiger partial charge on any atom is -0.376 e. The van der Waals surface area contributed by atoms with Gasteiger partial charge in [-0.2, -0.15) is 0 Å². The second-order valence-electron chi connectivity index (χ2n) is 8.23. The number of carbonyl (C=O) groups excluding carboxylic acids is 1. The first kappa shape index (κ1) is 22.9. The first-order valence-corrected chi connectivity index (χ1v) is 12.8. The standard InChI is InChI=1S/C27H23N3O4S/c31-27(22-6-7-24-18-34-11-12-35(32,33)26(24)15-22)30-17-25-14-21(8-10-29-25)19-3-1-4-20(13-19)23-5-2-9-28-16-23/h1-10,13-16H,11-12,17-18H2,(H,30,31). The molecule has 0 saturated heterocycles. The van der Waals surface area contributed by atoms with Crippen LogP contribution in [0.3, 0.4) is 0 Å². The highest BCUT2D eigenvalue weighted by Gasteiger charge is 2.23. The molecule has 7 nitrogen and oxygen atoms in total. The molecule has 2 aromatic heterocycles. The van der Waals surface area contributed by atoms with E-state index in [9.17, 15) is 13.2 Å². The van der Waals surface area contributed by atoms with Gasteiger partial charge in [0.1, 0.15) is 0 Å². The number of nitrogens with zero attached hydrogens (tertiary/aromatic N) is 2. The molecule has 3 heterocycles. The van der Waals surface area contributed by atoms with Crippen LogP contribution in [0.15, 0.2) is 90.2 Å². The largest absolute Gasteiger partial charge is 0.376 e. The normalized spacial score (nSPS) is 14.5. The number of rotatable bonds is 5. The third-order valence-electron chi connectivity index (χ3n) is 5.86. The maximum absolute atomic E-state index is 12.8. The fourth-order valence-electron chi connectivity index (χ4n) is 4.00. The molecule has 0 aliphatic carbocycles. The molecular formula is C27H23N3O4S. The van der Waals surface area contributed by atoms with Gasteiger partial charge in [0.25, 0.3) is 5.91 Å². The highest BCUT2D eigenvalue weighted by atomic mass is 32.2. The third-order valence-corrected chi connectivity index (χ3v) is 7.61. The van der Waals surface area contributed by atoms with Crippen molar-refractivity contribution in [3.8, 4) is 22.3 Å². The number of fused-ring (bicyclic) bond motifs is 1. The van der Waals surface area contributed by atoms with E-state index in [-0.39, 0.29) is 41.9 Å². The van der Waals surface area contributed by atoms with Gasteiger partial charge in [0.2, 0.25) is 0 Å². The first-order chi connectivity index (χ1) is 17.0. The van der Waals surface area contributed by atoms with Crippen LogP contribution < -0.4 is 5.32 Å². The lowest BCUT2D eigenvalue weighted by molar-refractivity contribution is 0.0950. The molecular weight excluding hydrogens is 462 g/mol. The Balaban J connectivity index is 1.32. The van der Waals surface area contributed by atoms with Crippen molar-refractivity contribution in [2.45, 2.75) is 18.0 Å². The lowest BCUT2D eigenvalue weighted by Crippen LogP contribution is -2.23. The zero-order chi connectivity index (χ0) is 24.3. The average molecular weight is 486 g/mol. The zero-order valence-electron chi connectivity index (χ0n) is 18.8. The van der Waals surface area contributed by atoms with Crippen LogP contribution >= 0.6 is 0 Å². The van der Waals surface area contributed by atoms with E-state index in [1.165, 1.54) is 6.07 Å². The highest BCUT2D eigenvalue weighted by Crippen LogP contribution is 2.26. The summed E-state index contributed by atoms with van der Waals surface area (Å²) >= 11 is 0. The molecule has 176 valence electrons. The minimum absolute atomic E-state index is 0.0935. The number of ether oxygens (including phenoxy) is 1. The molecule has 0 saturated carbocycles. The predicted octanol–water partition coefficient (Wildman–Crippen LogP) is 4.04. The van der Waals surface area contributed by atoms with Crippen molar-refractivity contribution in [3.05, 3.63) is 102 Å². The molecule has 2 aromatic carbocycles. The van der Waals surface area contributed by atoms with Crippen LogP contribution in [-0.4, -0.2) is 36.7 Å². The zero-order valence-corrected chi connectivity index (χ0v) is 19.7. The van der Waals surface area contributed by atoms with Crippen LogP contribution in [0.25, 0.3) is 22.3 Å². The summed E-state index contributed by atoms with van der Waals surface area (Å²) < 4.78 is 30.4. The number of benzene rings is 2. The van der Waals surface area contributed by atoms with Gasteiger partial charge in [-0.25, -0.2) is 8.42 Å². The fraction of sp³-hybridized carbons (Fsp3) is 0.148. The second-order valence-corrected chi connectivity index (χ2v) is 10.3. The number of hydrogen-bond donors (Lipinski definition) is 1. The number of hydrogen-bond acceptors (Lipinski definition) is 6. The van der Waals surface area contributed by atoms with E-state index in [1.807, 2.05) is 48.7 Å². The van der Waals surface area contributed by atoms with Crippen LogP contribution in [0.2, 0.25) is 0 Å². The Bertz CT molecular complexity index is 1490. The van der Waals surface area contributed by atoms with E-state index in [4.69, 9.17) is 4.74 Å². The molecule has 0 unspecified atom stereocenters. The fourth-order valence-corrected chi connectivity index (χ4v) is 5.39. The summed E-state index contributed by atoms with van der Waals surface area (Å²) in [5, 5.41) is 2.85. The average Bonchev–Trinajstić information content (AvgIpc) is 3.05. The van der Waals surface area contributed by atoms with E-state index in [0.717, 1.165) is 22.3 Å². The Morgan fingerprint density at radius 2 is 1.71 bits per heavy atom. The van der Waals surface area contributed by atoms with E-state index in [1.54, 1.807) is 24.5 Å². The molecule has 8 heteroatoms. The summed E-state index contributed by atoms with van der Waals surface area (Å²) in [4.78, 5) is 21.5. The van der Waals surface area contributed by atoms with Gasteiger partial charge >= 0.3 is 0 Å². The Hall–Kier alpha value is -3.88. The van der Waals surface area contributed by atoms with Gasteiger partial charge in [-0.15, -0.1) is 0 Å². The van der Waals surface area contributed by atoms with Gasteiger partial charge in [-0.3, -0.25) is 14.8 Å². The predicted molar refractivity (Wildman–Crippen MR) is 132 cm³/mol. The molecule has 5 rings (SSSR count). The van der Waals surface area contributed by atoms with Crippen molar-refractivity contribution in [1.82, 2.24) is 15.3 Å². The van der Waals surface area contributed by atoms with Crippen LogP contribution in [0.4, 0.5) is 0 Å². The number of aromatic nitrogens is 2. The van der Waals surface area contributed by atoms with Crippen LogP contribution in [-0.2, 0) is 27.7 Å². The third kappa shape index (κ3) is 5.13. The lowest BCUT2D eigenvalue weighted by atomic mass is 10.00. The molecule has 1 amide bonds. The number of pyridine rings is 2. The van der Waals surface area contributed by atoms with Gasteiger partial charge in [0.05, 0.1) is 36.1 Å². The van der Waals surface area contributed by atoms with Gasteiger partial charge in [0, 0.05) is 29.7 Å². The minimum atomic E-state index is -3.48. The van der Waals surface area contributed by atoms with Crippen LogP contribution in [0.5, 0.6) is 0 Å². The summed E-state index contributed by atoms with van der Waals surface area (Å²) in [5.41, 5.74) is 5.65. The Kier molecular flexibility index (Phi) is 6.39. The van der Waals surface area contributed by atoms with Gasteiger partial charge < -0.3 is 10.1 Å². The smallest absolute Gasteiger partial charge is 0.251 e. The van der Waals surface area contributed by atoms with Crippen molar-refractivity contribution in [1.29, 1.82) is 0 Å². The Morgan fingerprint density at radius 1 is 0.914 bits per heavy atom. The molecule has 1 N–H and O–H groups in total. The van der Waals surface area contributed by atoms with Crippen molar-refractivity contribution in [2.75, 3.05) is 12.4 Å². The molecule has 0 spiro atoms. The van der Waals surface area contributed by atoms with Gasteiger partial charge in [-0.05, 0) is 58.7 Å². The Morgan fingerprint density at radius 3 is 2.54 bits per heavy atom. The monoisotopic (exact) mass is 485 g/mol. The van der Waals surface area contributed by atoms with Crippen molar-refractivity contribution in [3.63, 3.8) is 0 Å². The van der Waals surface area contributed by atoms with E-state index in [0.29, 0.717) is 11.3 Å². The second kappa shape index (κ2) is 9.77. The lowest BCUT2D eigenvalue weighted by Gasteiger charge is -2.10. The molecule has 0 fully saturated rings. The first-order valence-electron chi connectivity index (χ1n) is 11.2. The van der Waals surface area contributed by atoms with Crippen molar-refractivity contribution < 1.29 is 17.9 Å². The van der Waals surface area contributed by atoms with Crippen LogP contribution in [0.1, 0.15) is 21.6 Å². The molecule has 35 heavy (non-hydrogen) atoms. The summed E-state index contributed by atoms with van der Waals surface area (Å²) in [6, 6.07) is 20.6. The van der Waals surface area contributed by atoms with Crippen molar-refractivity contribution in [2.24, 2.45) is 0 Å². The van der Waals surface area contributed by atoms with Crippen molar-refractivity contribution >= 4 is 15.7 Å². The molecule has 1 aliphatic heterocycles. The van der Waals surface area contributed by atoms with Crippen LogP contribution in [0, 0.1) is 0 Å². The topological polar surface area (TPSA) is 98.3 Å². The van der Waals surface area contributed by atoms with Gasteiger partial charge in [-0.1, -0.05) is 30.3 Å². The summed E-state index contributed by atoms with van der Waals surface area (Å²) in [6.45, 7) is 0.572. The van der Waals surface area contributed by atoms with E-state index < -0.39 is 9.84 Å². The quantitative estimate of drug-likeness (QED) is 0.458. The highest BCUT2D eigenvalue weighted by molar-refractivity contribution is 7.91. The number of carbonyl (C=O) groups is 1. The Labute approximate surface area is 203 Å². The molecule has 4 aromatic rings. The van der Waals surface area contributed by atoms with E-state index in [2.05, 4.69) is 21.4 Å². The van der Waals surface area contributed by atoms with E-state index >= 15 is 0 Å². The molecule has 0 radical (unpaired) electrons. The number of amides is 1. The number of nitrogens with one attached hydrogen (secondary N) is 1. The maximum atomic E-state index is 12.8. The molecule has 0 bridgehead atoms. The SMILES string of the molecule is O=C(NCc1cc(-c2cccc(-c3cccnc3)c2)ccn1)c1ccc2c(c1)S(=O)(=O)CCOC2. The number of sulfone groups is 1. The molecule has 0 atom stereocenters.